The fourth-order valence-electron chi connectivity index (χ4n) is 6.68. The summed E-state index contributed by atoms with van der Waals surface area (Å²) in [5.74, 6) is -3.85. The standard InChI is InChI=1S/C48H46Cl4N8O6/c1-7-33-34(8-2)38(56-48(66)44(28(6)62)60-58-40-20-12-18-36(42(40)52)46(64)54-32-16-10-14-30(24-32)26(4)50)22-21-37(33)55-47(65)43(27(5)61)59-57-39-19-11-17-35(41(39)51)45(63)53-31-15-9-13-29(23-31)25(3)49/h9-26,43-44H,7-8H2,1-6H3,(H,53,63)(H,54,64)(H,55,65)(H,56,66). The van der Waals surface area contributed by atoms with E-state index >= 15 is 0 Å². The van der Waals surface area contributed by atoms with Crippen molar-refractivity contribution in [3.05, 3.63) is 140 Å². The number of benzene rings is 5. The molecule has 0 heterocycles. The van der Waals surface area contributed by atoms with E-state index in [0.29, 0.717) is 46.7 Å². The second-order valence-corrected chi connectivity index (χ2v) is 17.0. The summed E-state index contributed by atoms with van der Waals surface area (Å²) in [5.41, 5.74) is 4.90. The lowest BCUT2D eigenvalue weighted by molar-refractivity contribution is -0.127. The van der Waals surface area contributed by atoms with Crippen molar-refractivity contribution in [2.75, 3.05) is 21.3 Å². The summed E-state index contributed by atoms with van der Waals surface area (Å²) in [4.78, 5) is 79.2. The highest BCUT2D eigenvalue weighted by Gasteiger charge is 2.28. The van der Waals surface area contributed by atoms with Crippen LogP contribution in [0.1, 0.15) is 95.3 Å². The first-order valence-electron chi connectivity index (χ1n) is 20.7. The van der Waals surface area contributed by atoms with Crippen LogP contribution in [0.25, 0.3) is 0 Å². The lowest BCUT2D eigenvalue weighted by Crippen LogP contribution is -2.33. The van der Waals surface area contributed by atoms with Gasteiger partial charge in [-0.25, -0.2) is 0 Å². The summed E-state index contributed by atoms with van der Waals surface area (Å²) in [5, 5.41) is 26.7. The maximum absolute atomic E-state index is 13.6. The number of halogens is 4. The van der Waals surface area contributed by atoms with Crippen molar-refractivity contribution in [2.24, 2.45) is 20.5 Å². The molecule has 14 nitrogen and oxygen atoms in total. The second-order valence-electron chi connectivity index (χ2n) is 14.9. The third-order valence-electron chi connectivity index (χ3n) is 10.1. The highest BCUT2D eigenvalue weighted by Crippen LogP contribution is 2.34. The number of nitrogens with zero attached hydrogens (tertiary/aromatic N) is 4. The number of alkyl halides is 2. The van der Waals surface area contributed by atoms with E-state index < -0.39 is 47.3 Å². The zero-order chi connectivity index (χ0) is 48.2. The largest absolute Gasteiger partial charge is 0.323 e. The van der Waals surface area contributed by atoms with Crippen molar-refractivity contribution >= 4 is 116 Å². The minimum Gasteiger partial charge on any atom is -0.323 e. The van der Waals surface area contributed by atoms with Gasteiger partial charge in [0.1, 0.15) is 11.4 Å². The summed E-state index contributed by atoms with van der Waals surface area (Å²) in [6, 6.07) is 23.1. The van der Waals surface area contributed by atoms with E-state index in [1.807, 2.05) is 39.8 Å². The van der Waals surface area contributed by atoms with Crippen LogP contribution >= 0.6 is 46.4 Å². The highest BCUT2D eigenvalue weighted by atomic mass is 35.5. The minimum atomic E-state index is -1.59. The predicted octanol–water partition coefficient (Wildman–Crippen LogP) is 12.6. The van der Waals surface area contributed by atoms with Crippen LogP contribution in [0.2, 0.25) is 10.0 Å². The van der Waals surface area contributed by atoms with Crippen LogP contribution in [0, 0.1) is 0 Å². The molecule has 0 aliphatic heterocycles. The lowest BCUT2D eigenvalue weighted by atomic mass is 9.98. The van der Waals surface area contributed by atoms with Crippen molar-refractivity contribution in [1.29, 1.82) is 0 Å². The lowest BCUT2D eigenvalue weighted by Gasteiger charge is -2.20. The Hall–Kier alpha value is -6.32. The Morgan fingerprint density at radius 3 is 1.23 bits per heavy atom. The van der Waals surface area contributed by atoms with Crippen molar-refractivity contribution in [3.8, 4) is 0 Å². The highest BCUT2D eigenvalue weighted by molar-refractivity contribution is 6.37. The van der Waals surface area contributed by atoms with Gasteiger partial charge in [0, 0.05) is 22.7 Å². The first-order valence-corrected chi connectivity index (χ1v) is 22.3. The Morgan fingerprint density at radius 1 is 0.530 bits per heavy atom. The van der Waals surface area contributed by atoms with E-state index in [-0.39, 0.29) is 43.3 Å². The molecule has 5 rings (SSSR count). The quantitative estimate of drug-likeness (QED) is 0.0382. The molecule has 0 bridgehead atoms. The van der Waals surface area contributed by atoms with Gasteiger partial charge in [0.25, 0.3) is 23.6 Å². The van der Waals surface area contributed by atoms with Crippen LogP contribution in [0.4, 0.5) is 34.1 Å². The van der Waals surface area contributed by atoms with Gasteiger partial charge in [0.2, 0.25) is 12.1 Å². The van der Waals surface area contributed by atoms with E-state index in [0.717, 1.165) is 11.1 Å². The number of azo groups is 2. The third kappa shape index (κ3) is 12.7. The number of rotatable bonds is 18. The molecule has 4 atom stereocenters. The summed E-state index contributed by atoms with van der Waals surface area (Å²) < 4.78 is 0. The van der Waals surface area contributed by atoms with E-state index in [4.69, 9.17) is 46.4 Å². The Bertz CT molecular complexity index is 2560. The third-order valence-corrected chi connectivity index (χ3v) is 11.4. The number of hydrogen-bond acceptors (Lipinski definition) is 10. The van der Waals surface area contributed by atoms with Crippen LogP contribution in [0.15, 0.2) is 118 Å². The van der Waals surface area contributed by atoms with E-state index in [2.05, 4.69) is 41.7 Å². The maximum Gasteiger partial charge on any atom is 0.258 e. The van der Waals surface area contributed by atoms with Crippen molar-refractivity contribution in [2.45, 2.75) is 77.2 Å². The average molecular weight is 973 g/mol. The minimum absolute atomic E-state index is 0.0476. The van der Waals surface area contributed by atoms with Gasteiger partial charge in [0.05, 0.1) is 31.9 Å². The topological polar surface area (TPSA) is 200 Å². The molecule has 5 aromatic carbocycles. The monoisotopic (exact) mass is 970 g/mol. The number of amides is 4. The molecule has 0 saturated heterocycles. The van der Waals surface area contributed by atoms with Gasteiger partial charge in [-0.05, 0) is 123 Å². The molecule has 0 aliphatic carbocycles. The summed E-state index contributed by atoms with van der Waals surface area (Å²) in [6.45, 7) is 9.70. The van der Waals surface area contributed by atoms with Gasteiger partial charge in [0.15, 0.2) is 11.6 Å². The fraction of sp³-hybridized carbons (Fsp3) is 0.250. The number of hydrogen-bond donors (Lipinski definition) is 4. The fourth-order valence-corrected chi connectivity index (χ4v) is 7.45. The summed E-state index contributed by atoms with van der Waals surface area (Å²) in [6.07, 6.45) is 0.786. The van der Waals surface area contributed by atoms with Gasteiger partial charge in [-0.2, -0.15) is 20.5 Å². The van der Waals surface area contributed by atoms with E-state index in [1.165, 1.54) is 38.1 Å². The molecule has 0 fully saturated rings. The number of carbonyl (C=O) groups is 6. The van der Waals surface area contributed by atoms with Gasteiger partial charge in [-0.1, -0.05) is 73.4 Å². The molecule has 4 unspecified atom stereocenters. The van der Waals surface area contributed by atoms with E-state index in [9.17, 15) is 28.8 Å². The molecule has 0 aliphatic rings. The average Bonchev–Trinajstić information content (AvgIpc) is 3.27. The van der Waals surface area contributed by atoms with Gasteiger partial charge in [-0.3, -0.25) is 28.8 Å². The summed E-state index contributed by atoms with van der Waals surface area (Å²) >= 11 is 25.6. The Balaban J connectivity index is 1.30. The van der Waals surface area contributed by atoms with Crippen molar-refractivity contribution < 1.29 is 28.8 Å². The van der Waals surface area contributed by atoms with Crippen LogP contribution in [-0.2, 0) is 32.0 Å². The zero-order valence-electron chi connectivity index (χ0n) is 36.7. The van der Waals surface area contributed by atoms with E-state index in [1.54, 1.807) is 60.7 Å². The van der Waals surface area contributed by atoms with Crippen LogP contribution < -0.4 is 21.3 Å². The summed E-state index contributed by atoms with van der Waals surface area (Å²) in [7, 11) is 0. The Kier molecular flexibility index (Phi) is 17.8. The maximum atomic E-state index is 13.6. The first kappa shape index (κ1) is 50.7. The number of nitrogens with one attached hydrogen (secondary N) is 4. The molecule has 4 N–H and O–H groups in total. The van der Waals surface area contributed by atoms with Crippen LogP contribution in [-0.4, -0.2) is 47.3 Å². The normalized spacial score (nSPS) is 13.1. The van der Waals surface area contributed by atoms with Crippen molar-refractivity contribution in [1.82, 2.24) is 0 Å². The van der Waals surface area contributed by atoms with Gasteiger partial charge >= 0.3 is 0 Å². The molecule has 4 amide bonds. The molecule has 66 heavy (non-hydrogen) atoms. The SMILES string of the molecule is CCc1c(NC(=O)C(N=Nc2cccc(C(=O)Nc3cccc(C(C)Cl)c3)c2Cl)C(C)=O)ccc(NC(=O)C(N=Nc2cccc(C(=O)Nc3cccc(C(C)Cl)c3)c2Cl)C(C)=O)c1CC. The predicted molar refractivity (Wildman–Crippen MR) is 261 cm³/mol. The Labute approximate surface area is 402 Å². The molecule has 18 heteroatoms. The molecule has 0 aromatic heterocycles. The molecular weight excluding hydrogens is 926 g/mol. The molecule has 0 saturated carbocycles. The van der Waals surface area contributed by atoms with Gasteiger partial charge < -0.3 is 21.3 Å². The molecular formula is C48H46Cl4N8O6. The smallest absolute Gasteiger partial charge is 0.258 e. The first-order chi connectivity index (χ1) is 31.4. The molecule has 342 valence electrons. The Morgan fingerprint density at radius 2 is 0.894 bits per heavy atom. The van der Waals surface area contributed by atoms with Crippen LogP contribution in [0.5, 0.6) is 0 Å². The number of Topliss-reactive ketones (excluding diaryl/α,β-unsaturated/α-hetero) is 2. The number of anilines is 4. The van der Waals surface area contributed by atoms with Gasteiger partial charge in [-0.15, -0.1) is 23.2 Å². The molecule has 5 aromatic rings. The number of ketones is 2. The van der Waals surface area contributed by atoms with Crippen LogP contribution in [0.3, 0.4) is 0 Å². The van der Waals surface area contributed by atoms with Crippen molar-refractivity contribution in [3.63, 3.8) is 0 Å². The second kappa shape index (κ2) is 23.2. The zero-order valence-corrected chi connectivity index (χ0v) is 39.7. The number of carbonyl (C=O) groups excluding carboxylic acids is 6. The molecule has 0 radical (unpaired) electrons. The molecule has 0 spiro atoms.